The van der Waals surface area contributed by atoms with Crippen molar-refractivity contribution in [1.29, 1.82) is 0 Å². The van der Waals surface area contributed by atoms with E-state index in [1.807, 2.05) is 6.07 Å². The molecular formula is C35H23N3. The zero-order valence-corrected chi connectivity index (χ0v) is 20.6. The molecule has 0 fully saturated rings. The number of fused-ring (bicyclic) bond motifs is 6. The maximum Gasteiger partial charge on any atom is 0.0999 e. The van der Waals surface area contributed by atoms with E-state index in [2.05, 4.69) is 142 Å². The van der Waals surface area contributed by atoms with Crippen LogP contribution >= 0.6 is 0 Å². The lowest BCUT2D eigenvalue weighted by Gasteiger charge is -2.10. The first kappa shape index (κ1) is 21.0. The summed E-state index contributed by atoms with van der Waals surface area (Å²) in [4.78, 5) is 0. The Morgan fingerprint density at radius 2 is 1.21 bits per heavy atom. The van der Waals surface area contributed by atoms with Crippen molar-refractivity contribution < 1.29 is 0 Å². The molecule has 2 heterocycles. The third-order valence-electron chi connectivity index (χ3n) is 7.63. The van der Waals surface area contributed by atoms with E-state index in [0.717, 1.165) is 22.2 Å². The van der Waals surface area contributed by atoms with Gasteiger partial charge in [0.2, 0.25) is 0 Å². The number of aromatic nitrogens is 3. The van der Waals surface area contributed by atoms with Crippen molar-refractivity contribution in [2.24, 2.45) is 0 Å². The minimum Gasteiger partial charge on any atom is -0.309 e. The molecule has 0 atom stereocenters. The Hall–Kier alpha value is -5.15. The number of H-pyrrole nitrogens is 1. The van der Waals surface area contributed by atoms with Crippen molar-refractivity contribution in [3.63, 3.8) is 0 Å². The Morgan fingerprint density at radius 3 is 2.08 bits per heavy atom. The fourth-order valence-corrected chi connectivity index (χ4v) is 5.81. The number of hydrogen-bond donors (Lipinski definition) is 1. The number of rotatable bonds is 3. The van der Waals surface area contributed by atoms with Gasteiger partial charge in [0.1, 0.15) is 0 Å². The highest BCUT2D eigenvalue weighted by molar-refractivity contribution is 6.19. The lowest BCUT2D eigenvalue weighted by atomic mass is 9.99. The highest BCUT2D eigenvalue weighted by Gasteiger charge is 2.16. The average Bonchev–Trinajstić information content (AvgIpc) is 3.57. The molecule has 0 unspecified atom stereocenters. The van der Waals surface area contributed by atoms with Gasteiger partial charge in [-0.2, -0.15) is 5.10 Å². The second kappa shape index (κ2) is 8.19. The van der Waals surface area contributed by atoms with E-state index in [4.69, 9.17) is 0 Å². The summed E-state index contributed by atoms with van der Waals surface area (Å²) >= 11 is 0. The van der Waals surface area contributed by atoms with Crippen LogP contribution in [0.3, 0.4) is 0 Å². The Kier molecular flexibility index (Phi) is 4.52. The van der Waals surface area contributed by atoms with E-state index in [1.165, 1.54) is 49.4 Å². The fraction of sp³-hybridized carbons (Fsp3) is 0. The summed E-state index contributed by atoms with van der Waals surface area (Å²) in [5.41, 5.74) is 9.19. The summed E-state index contributed by atoms with van der Waals surface area (Å²) in [5.74, 6) is 0. The summed E-state index contributed by atoms with van der Waals surface area (Å²) in [6.07, 6.45) is 0. The SMILES string of the molecule is c1ccc(-n2c3ccc(-c4ccc(-c5n[nH]c6ccccc56)cc4)cc3c3ccc4ccccc4c32)cc1. The van der Waals surface area contributed by atoms with Crippen molar-refractivity contribution in [3.8, 4) is 28.1 Å². The second-order valence-electron chi connectivity index (χ2n) is 9.78. The largest absolute Gasteiger partial charge is 0.309 e. The molecule has 1 N–H and O–H groups in total. The molecule has 0 amide bonds. The van der Waals surface area contributed by atoms with Gasteiger partial charge in [0.15, 0.2) is 0 Å². The molecule has 8 rings (SSSR count). The summed E-state index contributed by atoms with van der Waals surface area (Å²) < 4.78 is 2.41. The first-order chi connectivity index (χ1) is 18.8. The lowest BCUT2D eigenvalue weighted by molar-refractivity contribution is 1.12. The summed E-state index contributed by atoms with van der Waals surface area (Å²) in [6, 6.07) is 47.7. The van der Waals surface area contributed by atoms with Crippen LogP contribution in [-0.4, -0.2) is 14.8 Å². The van der Waals surface area contributed by atoms with Gasteiger partial charge in [-0.25, -0.2) is 0 Å². The molecule has 8 aromatic rings. The van der Waals surface area contributed by atoms with E-state index in [9.17, 15) is 0 Å². The summed E-state index contributed by atoms with van der Waals surface area (Å²) in [7, 11) is 0. The van der Waals surface area contributed by atoms with Crippen molar-refractivity contribution in [2.45, 2.75) is 0 Å². The molecule has 0 aliphatic heterocycles. The summed E-state index contributed by atoms with van der Waals surface area (Å²) in [5, 5.41) is 13.9. The number of nitrogens with zero attached hydrogens (tertiary/aromatic N) is 2. The third-order valence-corrected chi connectivity index (χ3v) is 7.63. The van der Waals surface area contributed by atoms with Gasteiger partial charge >= 0.3 is 0 Å². The Labute approximate surface area is 219 Å². The molecule has 3 heteroatoms. The smallest absolute Gasteiger partial charge is 0.0999 e. The van der Waals surface area contributed by atoms with Crippen molar-refractivity contribution >= 4 is 43.5 Å². The molecule has 0 aliphatic rings. The minimum atomic E-state index is 0.986. The molecule has 0 saturated heterocycles. The molecule has 3 nitrogen and oxygen atoms in total. The first-order valence-corrected chi connectivity index (χ1v) is 12.9. The van der Waals surface area contributed by atoms with Crippen molar-refractivity contribution in [1.82, 2.24) is 14.8 Å². The van der Waals surface area contributed by atoms with Crippen LogP contribution in [0.5, 0.6) is 0 Å². The quantitative estimate of drug-likeness (QED) is 0.266. The van der Waals surface area contributed by atoms with Gasteiger partial charge in [0.25, 0.3) is 0 Å². The number of aromatic amines is 1. The van der Waals surface area contributed by atoms with E-state index in [1.54, 1.807) is 0 Å². The number of benzene rings is 6. The van der Waals surface area contributed by atoms with Gasteiger partial charge in [-0.3, -0.25) is 5.10 Å². The normalized spacial score (nSPS) is 11.7. The maximum atomic E-state index is 4.57. The van der Waals surface area contributed by atoms with E-state index in [-0.39, 0.29) is 0 Å². The molecule has 0 saturated carbocycles. The molecular weight excluding hydrogens is 462 g/mol. The Balaban J connectivity index is 1.31. The van der Waals surface area contributed by atoms with Crippen LogP contribution in [0.2, 0.25) is 0 Å². The first-order valence-electron chi connectivity index (χ1n) is 12.9. The minimum absolute atomic E-state index is 0.986. The predicted molar refractivity (Wildman–Crippen MR) is 159 cm³/mol. The molecule has 38 heavy (non-hydrogen) atoms. The van der Waals surface area contributed by atoms with Crippen LogP contribution in [-0.2, 0) is 0 Å². The lowest BCUT2D eigenvalue weighted by Crippen LogP contribution is -1.93. The standard InChI is InChI=1S/C35H23N3/c1-2-9-27(10-3-1)38-33-21-19-26(22-31(33)29-20-18-24-8-4-5-11-28(24)35(29)38)23-14-16-25(17-15-23)34-30-12-6-7-13-32(30)36-37-34/h1-22H,(H,36,37). The molecule has 178 valence electrons. The van der Waals surface area contributed by atoms with Crippen molar-refractivity contribution in [3.05, 3.63) is 133 Å². The van der Waals surface area contributed by atoms with Gasteiger partial charge in [-0.05, 0) is 46.8 Å². The zero-order chi connectivity index (χ0) is 25.1. The molecule has 2 aromatic heterocycles. The van der Waals surface area contributed by atoms with Gasteiger partial charge < -0.3 is 4.57 Å². The van der Waals surface area contributed by atoms with Gasteiger partial charge in [-0.15, -0.1) is 0 Å². The van der Waals surface area contributed by atoms with Crippen LogP contribution in [0.15, 0.2) is 133 Å². The zero-order valence-electron chi connectivity index (χ0n) is 20.6. The van der Waals surface area contributed by atoms with Crippen LogP contribution in [0.1, 0.15) is 0 Å². The van der Waals surface area contributed by atoms with E-state index < -0.39 is 0 Å². The Morgan fingerprint density at radius 1 is 0.500 bits per heavy atom. The number of nitrogens with one attached hydrogen (secondary N) is 1. The molecule has 0 aliphatic carbocycles. The monoisotopic (exact) mass is 485 g/mol. The topological polar surface area (TPSA) is 33.6 Å². The van der Waals surface area contributed by atoms with Crippen molar-refractivity contribution in [2.75, 3.05) is 0 Å². The van der Waals surface area contributed by atoms with Crippen LogP contribution < -0.4 is 0 Å². The average molecular weight is 486 g/mol. The second-order valence-corrected chi connectivity index (χ2v) is 9.78. The van der Waals surface area contributed by atoms with Gasteiger partial charge in [-0.1, -0.05) is 103 Å². The van der Waals surface area contributed by atoms with Crippen LogP contribution in [0, 0.1) is 0 Å². The molecule has 0 spiro atoms. The molecule has 6 aromatic carbocycles. The fourth-order valence-electron chi connectivity index (χ4n) is 5.81. The third kappa shape index (κ3) is 3.12. The molecule has 0 radical (unpaired) electrons. The highest BCUT2D eigenvalue weighted by atomic mass is 15.1. The number of para-hydroxylation sites is 2. The predicted octanol–water partition coefficient (Wildman–Crippen LogP) is 9.15. The summed E-state index contributed by atoms with van der Waals surface area (Å²) in [6.45, 7) is 0. The Bertz CT molecular complexity index is 2110. The van der Waals surface area contributed by atoms with E-state index in [0.29, 0.717) is 0 Å². The van der Waals surface area contributed by atoms with Crippen LogP contribution in [0.4, 0.5) is 0 Å². The highest BCUT2D eigenvalue weighted by Crippen LogP contribution is 2.38. The molecule has 0 bridgehead atoms. The van der Waals surface area contributed by atoms with Gasteiger partial charge in [0.05, 0.1) is 22.2 Å². The van der Waals surface area contributed by atoms with Crippen LogP contribution in [0.25, 0.3) is 71.6 Å². The van der Waals surface area contributed by atoms with Gasteiger partial charge in [0, 0.05) is 32.8 Å². The maximum absolute atomic E-state index is 4.57. The van der Waals surface area contributed by atoms with E-state index >= 15 is 0 Å². The number of hydrogen-bond acceptors (Lipinski definition) is 1.